The lowest BCUT2D eigenvalue weighted by Gasteiger charge is -1.96. The molecule has 0 saturated carbocycles. The number of thiazole rings is 1. The summed E-state index contributed by atoms with van der Waals surface area (Å²) in [5.74, 6) is 0.555. The van der Waals surface area contributed by atoms with Gasteiger partial charge in [0.05, 0.1) is 4.53 Å². The third kappa shape index (κ3) is 2.54. The minimum atomic E-state index is -0.122. The summed E-state index contributed by atoms with van der Waals surface area (Å²) in [7, 11) is 0. The van der Waals surface area contributed by atoms with E-state index in [0.717, 1.165) is 14.9 Å². The second-order valence-corrected chi connectivity index (χ2v) is 7.80. The van der Waals surface area contributed by atoms with Crippen LogP contribution in [-0.2, 0) is 0 Å². The standard InChI is InChI=1S/C16H10BrN3OS2/c1-9-6-7-22-12(9)8-13-15(21)20-16(23-13)18-14(19-20)10-4-2-3-5-11(10)17/h2-8H,1H3/b13-8+. The molecule has 0 bridgehead atoms. The topological polar surface area (TPSA) is 47.3 Å². The van der Waals surface area contributed by atoms with E-state index in [-0.39, 0.29) is 5.56 Å². The van der Waals surface area contributed by atoms with E-state index < -0.39 is 0 Å². The number of thiophene rings is 1. The number of nitrogens with zero attached hydrogens (tertiary/aromatic N) is 3. The molecule has 0 N–H and O–H groups in total. The highest BCUT2D eigenvalue weighted by Gasteiger charge is 2.13. The van der Waals surface area contributed by atoms with E-state index in [0.29, 0.717) is 15.3 Å². The molecule has 4 aromatic rings. The highest BCUT2D eigenvalue weighted by molar-refractivity contribution is 9.10. The van der Waals surface area contributed by atoms with E-state index in [2.05, 4.69) is 26.0 Å². The number of benzene rings is 1. The van der Waals surface area contributed by atoms with Crippen molar-refractivity contribution in [2.24, 2.45) is 0 Å². The van der Waals surface area contributed by atoms with Crippen molar-refractivity contribution in [3.63, 3.8) is 0 Å². The first-order chi connectivity index (χ1) is 11.1. The third-order valence-corrected chi connectivity index (χ3v) is 6.08. The van der Waals surface area contributed by atoms with E-state index in [4.69, 9.17) is 0 Å². The first kappa shape index (κ1) is 14.7. The van der Waals surface area contributed by atoms with Crippen molar-refractivity contribution in [3.05, 3.63) is 65.5 Å². The van der Waals surface area contributed by atoms with Crippen molar-refractivity contribution >= 4 is 49.6 Å². The molecule has 0 spiro atoms. The molecule has 0 radical (unpaired) electrons. The zero-order valence-electron chi connectivity index (χ0n) is 12.0. The second kappa shape index (κ2) is 5.67. The quantitative estimate of drug-likeness (QED) is 0.514. The van der Waals surface area contributed by atoms with Crippen LogP contribution >= 0.6 is 38.6 Å². The molecule has 4 rings (SSSR count). The Morgan fingerprint density at radius 3 is 2.78 bits per heavy atom. The summed E-state index contributed by atoms with van der Waals surface area (Å²) >= 11 is 6.48. The zero-order valence-corrected chi connectivity index (χ0v) is 15.2. The molecule has 0 amide bonds. The Hall–Kier alpha value is -1.83. The number of aromatic nitrogens is 3. The summed E-state index contributed by atoms with van der Waals surface area (Å²) in [6.45, 7) is 2.04. The SMILES string of the molecule is Cc1ccsc1/C=c1/sc2nc(-c3ccccc3Br)nn2c1=O. The Balaban J connectivity index is 1.88. The van der Waals surface area contributed by atoms with Gasteiger partial charge in [0.1, 0.15) is 0 Å². The molecular formula is C16H10BrN3OS2. The lowest BCUT2D eigenvalue weighted by Crippen LogP contribution is -2.23. The van der Waals surface area contributed by atoms with Gasteiger partial charge in [0.25, 0.3) is 5.56 Å². The Morgan fingerprint density at radius 2 is 2.09 bits per heavy atom. The molecule has 23 heavy (non-hydrogen) atoms. The predicted molar refractivity (Wildman–Crippen MR) is 98.1 cm³/mol. The van der Waals surface area contributed by atoms with Gasteiger partial charge in [-0.3, -0.25) is 4.79 Å². The Bertz CT molecular complexity index is 1130. The number of halogens is 1. The van der Waals surface area contributed by atoms with E-state index in [9.17, 15) is 4.79 Å². The Labute approximate surface area is 147 Å². The van der Waals surface area contributed by atoms with Gasteiger partial charge in [-0.1, -0.05) is 39.4 Å². The van der Waals surface area contributed by atoms with Crippen molar-refractivity contribution in [2.45, 2.75) is 6.92 Å². The lowest BCUT2D eigenvalue weighted by atomic mass is 10.2. The van der Waals surface area contributed by atoms with Gasteiger partial charge in [-0.05, 0) is 42.1 Å². The molecule has 3 aromatic heterocycles. The monoisotopic (exact) mass is 403 g/mol. The zero-order chi connectivity index (χ0) is 16.0. The van der Waals surface area contributed by atoms with E-state index in [1.165, 1.54) is 21.4 Å². The minimum absolute atomic E-state index is 0.122. The Morgan fingerprint density at radius 1 is 1.26 bits per heavy atom. The molecule has 0 unspecified atom stereocenters. The van der Waals surface area contributed by atoms with Crippen molar-refractivity contribution in [1.82, 2.24) is 14.6 Å². The first-order valence-corrected chi connectivity index (χ1v) is 9.33. The van der Waals surface area contributed by atoms with E-state index in [1.54, 1.807) is 11.3 Å². The van der Waals surface area contributed by atoms with Gasteiger partial charge in [0.2, 0.25) is 4.96 Å². The maximum Gasteiger partial charge on any atom is 0.291 e. The van der Waals surface area contributed by atoms with Gasteiger partial charge >= 0.3 is 0 Å². The molecule has 7 heteroatoms. The fourth-order valence-electron chi connectivity index (χ4n) is 2.24. The highest BCUT2D eigenvalue weighted by Crippen LogP contribution is 2.25. The van der Waals surface area contributed by atoms with Crippen LogP contribution in [0.4, 0.5) is 0 Å². The van der Waals surface area contributed by atoms with Crippen LogP contribution in [0, 0.1) is 6.92 Å². The maximum absolute atomic E-state index is 12.5. The smallest absolute Gasteiger partial charge is 0.266 e. The van der Waals surface area contributed by atoms with Crippen LogP contribution in [0.3, 0.4) is 0 Å². The molecule has 4 nitrogen and oxygen atoms in total. The van der Waals surface area contributed by atoms with Gasteiger partial charge in [-0.15, -0.1) is 16.4 Å². The molecular weight excluding hydrogens is 394 g/mol. The summed E-state index contributed by atoms with van der Waals surface area (Å²) in [6, 6.07) is 9.76. The molecule has 3 heterocycles. The number of hydrogen-bond acceptors (Lipinski definition) is 5. The normalized spacial score (nSPS) is 12.3. The largest absolute Gasteiger partial charge is 0.291 e. The summed E-state index contributed by atoms with van der Waals surface area (Å²) in [6.07, 6.45) is 1.92. The average molecular weight is 404 g/mol. The third-order valence-electron chi connectivity index (χ3n) is 3.46. The van der Waals surface area contributed by atoms with Crippen molar-refractivity contribution < 1.29 is 0 Å². The summed E-state index contributed by atoms with van der Waals surface area (Å²) in [5.41, 5.74) is 1.92. The molecule has 0 aliphatic heterocycles. The summed E-state index contributed by atoms with van der Waals surface area (Å²) in [5, 5.41) is 6.39. The maximum atomic E-state index is 12.5. The van der Waals surface area contributed by atoms with Crippen LogP contribution in [0.25, 0.3) is 22.4 Å². The lowest BCUT2D eigenvalue weighted by molar-refractivity contribution is 0.936. The molecule has 1 aromatic carbocycles. The highest BCUT2D eigenvalue weighted by atomic mass is 79.9. The summed E-state index contributed by atoms with van der Waals surface area (Å²) < 4.78 is 2.95. The van der Waals surface area contributed by atoms with Gasteiger partial charge < -0.3 is 0 Å². The van der Waals surface area contributed by atoms with E-state index in [1.807, 2.05) is 48.7 Å². The minimum Gasteiger partial charge on any atom is -0.266 e. The molecule has 114 valence electrons. The molecule has 0 saturated heterocycles. The molecule has 0 aliphatic rings. The predicted octanol–water partition coefficient (Wildman–Crippen LogP) is 3.50. The van der Waals surface area contributed by atoms with Crippen molar-refractivity contribution in [1.29, 1.82) is 0 Å². The number of hydrogen-bond donors (Lipinski definition) is 0. The van der Waals surface area contributed by atoms with Crippen LogP contribution in [0.5, 0.6) is 0 Å². The Kier molecular flexibility index (Phi) is 3.63. The summed E-state index contributed by atoms with van der Waals surface area (Å²) in [4.78, 5) is 18.7. The number of rotatable bonds is 2. The van der Waals surface area contributed by atoms with Gasteiger partial charge in [-0.25, -0.2) is 0 Å². The van der Waals surface area contributed by atoms with Crippen molar-refractivity contribution in [3.8, 4) is 11.4 Å². The van der Waals surface area contributed by atoms with Crippen LogP contribution in [0.1, 0.15) is 10.4 Å². The van der Waals surface area contributed by atoms with Gasteiger partial charge in [0.15, 0.2) is 5.82 Å². The van der Waals surface area contributed by atoms with E-state index >= 15 is 0 Å². The van der Waals surface area contributed by atoms with Crippen LogP contribution in [-0.4, -0.2) is 14.6 Å². The van der Waals surface area contributed by atoms with Gasteiger partial charge in [-0.2, -0.15) is 9.50 Å². The van der Waals surface area contributed by atoms with Crippen molar-refractivity contribution in [2.75, 3.05) is 0 Å². The molecule has 0 aliphatic carbocycles. The molecule has 0 atom stereocenters. The first-order valence-electron chi connectivity index (χ1n) is 6.84. The average Bonchev–Trinajstić information content (AvgIpc) is 3.19. The van der Waals surface area contributed by atoms with Crippen LogP contribution in [0.2, 0.25) is 0 Å². The number of fused-ring (bicyclic) bond motifs is 1. The fraction of sp³-hybridized carbons (Fsp3) is 0.0625. The second-order valence-electron chi connectivity index (χ2n) is 4.99. The van der Waals surface area contributed by atoms with Gasteiger partial charge in [0, 0.05) is 14.9 Å². The fourth-order valence-corrected chi connectivity index (χ4v) is 4.53. The number of aryl methyl sites for hydroxylation is 1. The van der Waals surface area contributed by atoms with Crippen LogP contribution < -0.4 is 10.1 Å². The van der Waals surface area contributed by atoms with Crippen LogP contribution in [0.15, 0.2) is 45.0 Å². The molecule has 0 fully saturated rings.